The molecule has 0 saturated heterocycles. The first-order chi connectivity index (χ1) is 8.36. The fourth-order valence-corrected chi connectivity index (χ4v) is 2.89. The molecule has 0 bridgehead atoms. The third kappa shape index (κ3) is 4.10. The van der Waals surface area contributed by atoms with Crippen molar-refractivity contribution < 1.29 is 8.42 Å². The van der Waals surface area contributed by atoms with Crippen molar-refractivity contribution in [3.8, 4) is 0 Å². The monoisotopic (exact) mass is 269 g/mol. The van der Waals surface area contributed by atoms with E-state index in [-0.39, 0.29) is 16.9 Å². The summed E-state index contributed by atoms with van der Waals surface area (Å²) in [5.41, 5.74) is 8.08. The van der Waals surface area contributed by atoms with Gasteiger partial charge >= 0.3 is 0 Å². The number of aryl methyl sites for hydroxylation is 1. The van der Waals surface area contributed by atoms with Crippen molar-refractivity contribution in [1.29, 1.82) is 0 Å². The van der Waals surface area contributed by atoms with E-state index in [9.17, 15) is 8.42 Å². The lowest BCUT2D eigenvalue weighted by Gasteiger charge is -2.16. The molecule has 102 valence electrons. The molecule has 0 aliphatic heterocycles. The SMILES string of the molecule is Cc1ccc(C(CN)CCS(=O)(=O)C(C)C)cc1. The van der Waals surface area contributed by atoms with E-state index in [1.165, 1.54) is 5.56 Å². The first-order valence-electron chi connectivity index (χ1n) is 6.35. The Morgan fingerprint density at radius 2 is 1.72 bits per heavy atom. The molecule has 0 heterocycles. The van der Waals surface area contributed by atoms with Gasteiger partial charge in [0.25, 0.3) is 0 Å². The van der Waals surface area contributed by atoms with Crippen LogP contribution in [0.5, 0.6) is 0 Å². The van der Waals surface area contributed by atoms with Crippen molar-refractivity contribution in [2.75, 3.05) is 12.3 Å². The molecule has 0 radical (unpaired) electrons. The second-order valence-electron chi connectivity index (χ2n) is 5.05. The second kappa shape index (κ2) is 6.34. The van der Waals surface area contributed by atoms with Crippen molar-refractivity contribution in [3.05, 3.63) is 35.4 Å². The van der Waals surface area contributed by atoms with Crippen molar-refractivity contribution in [3.63, 3.8) is 0 Å². The molecule has 4 heteroatoms. The molecular weight excluding hydrogens is 246 g/mol. The van der Waals surface area contributed by atoms with Gasteiger partial charge in [0.2, 0.25) is 0 Å². The molecule has 0 amide bonds. The van der Waals surface area contributed by atoms with Gasteiger partial charge in [0.15, 0.2) is 9.84 Å². The second-order valence-corrected chi connectivity index (χ2v) is 7.72. The van der Waals surface area contributed by atoms with E-state index in [2.05, 4.69) is 0 Å². The number of sulfone groups is 1. The van der Waals surface area contributed by atoms with Gasteiger partial charge in [-0.25, -0.2) is 8.42 Å². The molecule has 0 fully saturated rings. The van der Waals surface area contributed by atoms with E-state index in [1.54, 1.807) is 13.8 Å². The van der Waals surface area contributed by atoms with Crippen LogP contribution in [0.4, 0.5) is 0 Å². The van der Waals surface area contributed by atoms with Crippen LogP contribution in [0.15, 0.2) is 24.3 Å². The lowest BCUT2D eigenvalue weighted by Crippen LogP contribution is -2.22. The molecular formula is C14H23NO2S. The predicted molar refractivity (Wildman–Crippen MR) is 76.5 cm³/mol. The van der Waals surface area contributed by atoms with Gasteiger partial charge in [0.05, 0.1) is 11.0 Å². The summed E-state index contributed by atoms with van der Waals surface area (Å²) in [5, 5.41) is -0.311. The first kappa shape index (κ1) is 15.2. The summed E-state index contributed by atoms with van der Waals surface area (Å²) in [6.07, 6.45) is 0.597. The van der Waals surface area contributed by atoms with Gasteiger partial charge < -0.3 is 5.73 Å². The van der Waals surface area contributed by atoms with Crippen LogP contribution in [0.25, 0.3) is 0 Å². The Balaban J connectivity index is 2.72. The fraction of sp³-hybridized carbons (Fsp3) is 0.571. The van der Waals surface area contributed by atoms with Gasteiger partial charge in [0.1, 0.15) is 0 Å². The molecule has 0 aliphatic carbocycles. The van der Waals surface area contributed by atoms with E-state index in [0.29, 0.717) is 13.0 Å². The Bertz CT molecular complexity index is 463. The van der Waals surface area contributed by atoms with Crippen LogP contribution < -0.4 is 5.73 Å². The smallest absolute Gasteiger partial charge is 0.152 e. The maximum Gasteiger partial charge on any atom is 0.152 e. The minimum absolute atomic E-state index is 0.124. The quantitative estimate of drug-likeness (QED) is 0.861. The molecule has 1 aromatic carbocycles. The summed E-state index contributed by atoms with van der Waals surface area (Å²) in [4.78, 5) is 0. The maximum atomic E-state index is 11.8. The molecule has 2 N–H and O–H groups in total. The molecule has 1 unspecified atom stereocenters. The summed E-state index contributed by atoms with van der Waals surface area (Å²) in [5.74, 6) is 0.333. The summed E-state index contributed by atoms with van der Waals surface area (Å²) in [7, 11) is -2.98. The van der Waals surface area contributed by atoms with E-state index in [4.69, 9.17) is 5.73 Å². The van der Waals surface area contributed by atoms with Gasteiger partial charge in [0, 0.05) is 0 Å². The van der Waals surface area contributed by atoms with Crippen molar-refractivity contribution in [1.82, 2.24) is 0 Å². The van der Waals surface area contributed by atoms with Crippen molar-refractivity contribution in [2.45, 2.75) is 38.4 Å². The molecule has 0 saturated carbocycles. The molecule has 3 nitrogen and oxygen atoms in total. The topological polar surface area (TPSA) is 60.2 Å². The zero-order chi connectivity index (χ0) is 13.8. The maximum absolute atomic E-state index is 11.8. The molecule has 1 atom stereocenters. The lowest BCUT2D eigenvalue weighted by atomic mass is 9.96. The largest absolute Gasteiger partial charge is 0.330 e. The van der Waals surface area contributed by atoms with Gasteiger partial charge in [-0.3, -0.25) is 0 Å². The number of hydrogen-bond donors (Lipinski definition) is 1. The van der Waals surface area contributed by atoms with Crippen LogP contribution in [-0.4, -0.2) is 26.0 Å². The highest BCUT2D eigenvalue weighted by molar-refractivity contribution is 7.91. The minimum atomic E-state index is -2.98. The zero-order valence-corrected chi connectivity index (χ0v) is 12.2. The van der Waals surface area contributed by atoms with Gasteiger partial charge in [-0.2, -0.15) is 0 Å². The Kier molecular flexibility index (Phi) is 5.35. The van der Waals surface area contributed by atoms with Crippen molar-refractivity contribution >= 4 is 9.84 Å². The highest BCUT2D eigenvalue weighted by Gasteiger charge is 2.19. The molecule has 18 heavy (non-hydrogen) atoms. The van der Waals surface area contributed by atoms with Crippen LogP contribution in [0, 0.1) is 6.92 Å². The summed E-state index contributed by atoms with van der Waals surface area (Å²) in [6.45, 7) is 5.96. The van der Waals surface area contributed by atoms with E-state index < -0.39 is 9.84 Å². The molecule has 0 aromatic heterocycles. The highest BCUT2D eigenvalue weighted by atomic mass is 32.2. The zero-order valence-electron chi connectivity index (χ0n) is 11.4. The Hall–Kier alpha value is -0.870. The fourth-order valence-electron chi connectivity index (χ4n) is 1.80. The van der Waals surface area contributed by atoms with E-state index in [0.717, 1.165) is 5.56 Å². The number of nitrogens with two attached hydrogens (primary N) is 1. The summed E-state index contributed by atoms with van der Waals surface area (Å²) in [6, 6.07) is 8.15. The molecule has 1 rings (SSSR count). The van der Waals surface area contributed by atoms with Gasteiger partial charge in [-0.15, -0.1) is 0 Å². The lowest BCUT2D eigenvalue weighted by molar-refractivity contribution is 0.576. The Morgan fingerprint density at radius 1 is 1.17 bits per heavy atom. The van der Waals surface area contributed by atoms with E-state index >= 15 is 0 Å². The normalized spacial score (nSPS) is 13.8. The van der Waals surface area contributed by atoms with E-state index in [1.807, 2.05) is 31.2 Å². The predicted octanol–water partition coefficient (Wildman–Crippen LogP) is 2.25. The Morgan fingerprint density at radius 3 is 2.17 bits per heavy atom. The number of benzene rings is 1. The summed E-state index contributed by atoms with van der Waals surface area (Å²) < 4.78 is 23.6. The molecule has 0 aliphatic rings. The Labute approximate surface area is 110 Å². The first-order valence-corrected chi connectivity index (χ1v) is 8.06. The summed E-state index contributed by atoms with van der Waals surface area (Å²) >= 11 is 0. The van der Waals surface area contributed by atoms with Crippen LogP contribution in [0.3, 0.4) is 0 Å². The van der Waals surface area contributed by atoms with Crippen LogP contribution in [0.2, 0.25) is 0 Å². The molecule has 0 spiro atoms. The average Bonchev–Trinajstić information content (AvgIpc) is 2.31. The number of rotatable bonds is 6. The van der Waals surface area contributed by atoms with Crippen molar-refractivity contribution in [2.24, 2.45) is 5.73 Å². The number of hydrogen-bond acceptors (Lipinski definition) is 3. The van der Waals surface area contributed by atoms with Crippen LogP contribution >= 0.6 is 0 Å². The third-order valence-electron chi connectivity index (χ3n) is 3.30. The van der Waals surface area contributed by atoms with Gasteiger partial charge in [-0.1, -0.05) is 29.8 Å². The highest BCUT2D eigenvalue weighted by Crippen LogP contribution is 2.20. The standard InChI is InChI=1S/C14H23NO2S/c1-11(2)18(16,17)9-8-14(10-15)13-6-4-12(3)5-7-13/h4-7,11,14H,8-10,15H2,1-3H3. The van der Waals surface area contributed by atoms with Crippen LogP contribution in [0.1, 0.15) is 37.3 Å². The third-order valence-corrected chi connectivity index (χ3v) is 5.54. The molecule has 1 aromatic rings. The minimum Gasteiger partial charge on any atom is -0.330 e. The van der Waals surface area contributed by atoms with Gasteiger partial charge in [-0.05, 0) is 45.2 Å². The van der Waals surface area contributed by atoms with Crippen LogP contribution in [-0.2, 0) is 9.84 Å². The average molecular weight is 269 g/mol.